The third kappa shape index (κ3) is 5.42. The van der Waals surface area contributed by atoms with Gasteiger partial charge >= 0.3 is 0 Å². The minimum Gasteiger partial charge on any atom is -0.314 e. The van der Waals surface area contributed by atoms with Crippen LogP contribution in [0.5, 0.6) is 0 Å². The van der Waals surface area contributed by atoms with E-state index in [1.165, 1.54) is 12.8 Å². The Kier molecular flexibility index (Phi) is 5.46. The minimum atomic E-state index is -3.27. The van der Waals surface area contributed by atoms with E-state index in [0.717, 1.165) is 23.0 Å². The highest BCUT2D eigenvalue weighted by molar-refractivity contribution is 9.10. The molecular weight excluding hydrogens is 340 g/mol. The minimum absolute atomic E-state index is 0.166. The normalized spacial score (nSPS) is 15.3. The van der Waals surface area contributed by atoms with Crippen molar-refractivity contribution in [1.29, 1.82) is 0 Å². The van der Waals surface area contributed by atoms with Crippen molar-refractivity contribution in [2.24, 2.45) is 0 Å². The average Bonchev–Trinajstić information content (AvgIpc) is 3.17. The monoisotopic (exact) mass is 360 g/mol. The molecule has 1 aromatic carbocycles. The molecule has 0 aliphatic heterocycles. The number of halogens is 1. The summed E-state index contributed by atoms with van der Waals surface area (Å²) in [5.74, 6) is 0.166. The van der Waals surface area contributed by atoms with Gasteiger partial charge in [0, 0.05) is 10.5 Å². The van der Waals surface area contributed by atoms with Gasteiger partial charge in [-0.05, 0) is 72.8 Å². The number of rotatable bonds is 8. The predicted molar refractivity (Wildman–Crippen MR) is 86.5 cm³/mol. The fourth-order valence-corrected chi connectivity index (χ4v) is 3.61. The largest absolute Gasteiger partial charge is 0.314 e. The second kappa shape index (κ2) is 6.91. The van der Waals surface area contributed by atoms with E-state index in [1.807, 2.05) is 25.1 Å². The van der Waals surface area contributed by atoms with Crippen LogP contribution in [-0.4, -0.2) is 26.8 Å². The van der Waals surface area contributed by atoms with E-state index in [-0.39, 0.29) is 5.75 Å². The highest BCUT2D eigenvalue weighted by atomic mass is 79.9. The zero-order valence-corrected chi connectivity index (χ0v) is 14.1. The third-order valence-corrected chi connectivity index (χ3v) is 5.29. The summed E-state index contributed by atoms with van der Waals surface area (Å²) < 4.78 is 27.5. The highest BCUT2D eigenvalue weighted by Crippen LogP contribution is 2.24. The van der Waals surface area contributed by atoms with Crippen molar-refractivity contribution < 1.29 is 8.42 Å². The molecule has 1 aromatic rings. The summed E-state index contributed by atoms with van der Waals surface area (Å²) in [5.41, 5.74) is 1.64. The van der Waals surface area contributed by atoms with Gasteiger partial charge in [0.25, 0.3) is 0 Å². The molecule has 0 aromatic heterocycles. The number of unbranched alkanes of at least 4 members (excludes halogenated alkanes) is 1. The molecule has 1 saturated carbocycles. The molecule has 0 saturated heterocycles. The molecule has 1 aliphatic rings. The van der Waals surface area contributed by atoms with Gasteiger partial charge in [-0.15, -0.1) is 0 Å². The second-order valence-electron chi connectivity index (χ2n) is 5.34. The molecule has 112 valence electrons. The number of hydrogen-bond donors (Lipinski definition) is 2. The van der Waals surface area contributed by atoms with Gasteiger partial charge in [0.2, 0.25) is 10.0 Å². The van der Waals surface area contributed by atoms with Crippen LogP contribution in [0.3, 0.4) is 0 Å². The van der Waals surface area contributed by atoms with Gasteiger partial charge in [0.15, 0.2) is 0 Å². The molecular formula is C14H21BrN2O2S. The predicted octanol–water partition coefficient (Wildman–Crippen LogP) is 3.03. The van der Waals surface area contributed by atoms with E-state index in [2.05, 4.69) is 26.0 Å². The first-order valence-corrected chi connectivity index (χ1v) is 9.41. The van der Waals surface area contributed by atoms with Crippen LogP contribution in [0.4, 0.5) is 5.69 Å². The molecule has 6 heteroatoms. The third-order valence-electron chi connectivity index (χ3n) is 3.24. The summed E-state index contributed by atoms with van der Waals surface area (Å²) >= 11 is 3.36. The Morgan fingerprint density at radius 2 is 2.05 bits per heavy atom. The van der Waals surface area contributed by atoms with Gasteiger partial charge in [-0.1, -0.05) is 6.07 Å². The van der Waals surface area contributed by atoms with Crippen molar-refractivity contribution in [3.8, 4) is 0 Å². The van der Waals surface area contributed by atoms with Crippen molar-refractivity contribution in [3.05, 3.63) is 28.2 Å². The van der Waals surface area contributed by atoms with Crippen molar-refractivity contribution in [2.75, 3.05) is 17.0 Å². The van der Waals surface area contributed by atoms with Crippen molar-refractivity contribution in [3.63, 3.8) is 0 Å². The first-order valence-electron chi connectivity index (χ1n) is 6.96. The van der Waals surface area contributed by atoms with Gasteiger partial charge in [0.05, 0.1) is 11.4 Å². The van der Waals surface area contributed by atoms with E-state index < -0.39 is 10.0 Å². The maximum absolute atomic E-state index is 12.0. The molecule has 20 heavy (non-hydrogen) atoms. The highest BCUT2D eigenvalue weighted by Gasteiger charge is 2.19. The van der Waals surface area contributed by atoms with E-state index in [0.29, 0.717) is 18.2 Å². The van der Waals surface area contributed by atoms with Crippen LogP contribution < -0.4 is 10.0 Å². The maximum Gasteiger partial charge on any atom is 0.232 e. The van der Waals surface area contributed by atoms with Crippen LogP contribution >= 0.6 is 15.9 Å². The van der Waals surface area contributed by atoms with Crippen molar-refractivity contribution >= 4 is 31.6 Å². The standard InChI is InChI=1S/C14H21BrN2O2S/c1-11-4-7-13(15)14(10-11)17-20(18,19)9-3-2-8-16-12-5-6-12/h4,7,10,12,16-17H,2-3,5-6,8-9H2,1H3. The molecule has 2 N–H and O–H groups in total. The SMILES string of the molecule is Cc1ccc(Br)c(NS(=O)(=O)CCCCNC2CC2)c1. The van der Waals surface area contributed by atoms with Gasteiger partial charge in [0.1, 0.15) is 0 Å². The summed E-state index contributed by atoms with van der Waals surface area (Å²) in [6, 6.07) is 6.31. The quantitative estimate of drug-likeness (QED) is 0.700. The van der Waals surface area contributed by atoms with Gasteiger partial charge in [-0.25, -0.2) is 8.42 Å². The first-order chi connectivity index (χ1) is 9.46. The van der Waals surface area contributed by atoms with Crippen LogP contribution in [0, 0.1) is 6.92 Å². The number of anilines is 1. The Morgan fingerprint density at radius 3 is 2.75 bits per heavy atom. The van der Waals surface area contributed by atoms with Gasteiger partial charge in [-0.3, -0.25) is 4.72 Å². The summed E-state index contributed by atoms with van der Waals surface area (Å²) in [7, 11) is -3.27. The van der Waals surface area contributed by atoms with Crippen LogP contribution in [0.1, 0.15) is 31.2 Å². The molecule has 2 rings (SSSR count). The smallest absolute Gasteiger partial charge is 0.232 e. The lowest BCUT2D eigenvalue weighted by molar-refractivity contribution is 0.591. The lowest BCUT2D eigenvalue weighted by Gasteiger charge is -2.10. The summed E-state index contributed by atoms with van der Waals surface area (Å²) in [4.78, 5) is 0. The average molecular weight is 361 g/mol. The Bertz CT molecular complexity index is 556. The molecule has 0 spiro atoms. The first kappa shape index (κ1) is 15.8. The van der Waals surface area contributed by atoms with Crippen molar-refractivity contribution in [2.45, 2.75) is 38.6 Å². The van der Waals surface area contributed by atoms with Crippen LogP contribution in [-0.2, 0) is 10.0 Å². The van der Waals surface area contributed by atoms with E-state index >= 15 is 0 Å². The van der Waals surface area contributed by atoms with E-state index in [1.54, 1.807) is 0 Å². The van der Waals surface area contributed by atoms with Crippen LogP contribution in [0.25, 0.3) is 0 Å². The fraction of sp³-hybridized carbons (Fsp3) is 0.571. The fourth-order valence-electron chi connectivity index (χ4n) is 1.95. The van der Waals surface area contributed by atoms with Crippen molar-refractivity contribution in [1.82, 2.24) is 5.32 Å². The second-order valence-corrected chi connectivity index (χ2v) is 8.04. The number of nitrogens with one attached hydrogen (secondary N) is 2. The zero-order valence-electron chi connectivity index (χ0n) is 11.7. The summed E-state index contributed by atoms with van der Waals surface area (Å²) in [6.45, 7) is 2.85. The molecule has 0 radical (unpaired) electrons. The number of sulfonamides is 1. The number of benzene rings is 1. The summed E-state index contributed by atoms with van der Waals surface area (Å²) in [6.07, 6.45) is 4.10. The lowest BCUT2D eigenvalue weighted by Crippen LogP contribution is -2.20. The zero-order chi connectivity index (χ0) is 14.6. The molecule has 4 nitrogen and oxygen atoms in total. The lowest BCUT2D eigenvalue weighted by atomic mass is 10.2. The van der Waals surface area contributed by atoms with Crippen LogP contribution in [0.15, 0.2) is 22.7 Å². The molecule has 0 heterocycles. The molecule has 1 fully saturated rings. The molecule has 0 bridgehead atoms. The van der Waals surface area contributed by atoms with Gasteiger partial charge in [-0.2, -0.15) is 0 Å². The Morgan fingerprint density at radius 1 is 1.30 bits per heavy atom. The van der Waals surface area contributed by atoms with E-state index in [9.17, 15) is 8.42 Å². The summed E-state index contributed by atoms with van der Waals surface area (Å²) in [5, 5.41) is 3.39. The Labute approximate surface area is 129 Å². The Hall–Kier alpha value is -0.590. The molecule has 0 unspecified atom stereocenters. The van der Waals surface area contributed by atoms with Crippen LogP contribution in [0.2, 0.25) is 0 Å². The van der Waals surface area contributed by atoms with Gasteiger partial charge < -0.3 is 5.32 Å². The Balaban J connectivity index is 1.78. The number of hydrogen-bond acceptors (Lipinski definition) is 3. The topological polar surface area (TPSA) is 58.2 Å². The van der Waals surface area contributed by atoms with E-state index in [4.69, 9.17) is 0 Å². The molecule has 1 aliphatic carbocycles. The molecule has 0 amide bonds. The maximum atomic E-state index is 12.0. The number of aryl methyl sites for hydroxylation is 1. The molecule has 0 atom stereocenters.